The average Bonchev–Trinajstić information content (AvgIpc) is 2.98. The Balaban J connectivity index is 1.69. The molecule has 4 aromatic rings. The first-order chi connectivity index (χ1) is 13.1. The van der Waals surface area contributed by atoms with E-state index in [2.05, 4.69) is 15.4 Å². The minimum Gasteiger partial charge on any atom is -0.495 e. The standard InChI is InChI=1S/C19H17N5O3/c1-12-6-5-7-13-17(12)20-11-23-18(13)22-24(19(23)26)10-16(25)21-14-8-3-4-9-15(14)27-2/h3-9,11H,10H2,1-2H3,(H,21,25). The summed E-state index contributed by atoms with van der Waals surface area (Å²) in [5.74, 6) is 0.164. The fraction of sp³-hybridized carbons (Fsp3) is 0.158. The number of fused-ring (bicyclic) bond motifs is 3. The Kier molecular flexibility index (Phi) is 4.08. The van der Waals surface area contributed by atoms with E-state index < -0.39 is 5.69 Å². The number of nitrogens with zero attached hydrogens (tertiary/aromatic N) is 4. The maximum absolute atomic E-state index is 12.6. The number of hydrogen-bond acceptors (Lipinski definition) is 5. The van der Waals surface area contributed by atoms with Crippen molar-refractivity contribution < 1.29 is 9.53 Å². The van der Waals surface area contributed by atoms with Crippen molar-refractivity contribution in [2.24, 2.45) is 0 Å². The zero-order valence-electron chi connectivity index (χ0n) is 14.8. The quantitative estimate of drug-likeness (QED) is 0.599. The zero-order valence-corrected chi connectivity index (χ0v) is 14.8. The molecule has 136 valence electrons. The fourth-order valence-electron chi connectivity index (χ4n) is 3.01. The van der Waals surface area contributed by atoms with Crippen molar-refractivity contribution in [2.75, 3.05) is 12.4 Å². The molecule has 0 spiro atoms. The smallest absolute Gasteiger partial charge is 0.352 e. The molecular weight excluding hydrogens is 346 g/mol. The number of anilines is 1. The largest absolute Gasteiger partial charge is 0.495 e. The Bertz CT molecular complexity index is 1230. The summed E-state index contributed by atoms with van der Waals surface area (Å²) in [6.45, 7) is 1.73. The third-order valence-corrected chi connectivity index (χ3v) is 4.33. The van der Waals surface area contributed by atoms with Crippen molar-refractivity contribution in [1.29, 1.82) is 0 Å². The first-order valence-corrected chi connectivity index (χ1v) is 8.35. The van der Waals surface area contributed by atoms with Crippen molar-refractivity contribution in [3.05, 3.63) is 64.8 Å². The number of aromatic nitrogens is 4. The molecule has 1 N–H and O–H groups in total. The van der Waals surface area contributed by atoms with Gasteiger partial charge in [-0.1, -0.05) is 24.3 Å². The Labute approximate surface area is 154 Å². The van der Waals surface area contributed by atoms with Crippen LogP contribution in [-0.4, -0.2) is 32.2 Å². The second-order valence-corrected chi connectivity index (χ2v) is 6.10. The Morgan fingerprint density at radius 3 is 2.81 bits per heavy atom. The van der Waals surface area contributed by atoms with Crippen LogP contribution in [-0.2, 0) is 11.3 Å². The van der Waals surface area contributed by atoms with E-state index in [1.54, 1.807) is 24.3 Å². The average molecular weight is 363 g/mol. The summed E-state index contributed by atoms with van der Waals surface area (Å²) in [5.41, 5.74) is 2.35. The minimum atomic E-state index is -0.420. The topological polar surface area (TPSA) is 90.5 Å². The number of rotatable bonds is 4. The molecule has 2 aromatic heterocycles. The van der Waals surface area contributed by atoms with Gasteiger partial charge in [0.2, 0.25) is 5.91 Å². The van der Waals surface area contributed by atoms with Crippen LogP contribution in [0.2, 0.25) is 0 Å². The predicted molar refractivity (Wildman–Crippen MR) is 101 cm³/mol. The molecule has 4 rings (SSSR count). The number of ether oxygens (including phenoxy) is 1. The third-order valence-electron chi connectivity index (χ3n) is 4.33. The van der Waals surface area contributed by atoms with Gasteiger partial charge in [-0.25, -0.2) is 18.9 Å². The molecule has 2 heterocycles. The lowest BCUT2D eigenvalue weighted by molar-refractivity contribution is -0.117. The SMILES string of the molecule is COc1ccccc1NC(=O)Cn1nc2c3cccc(C)c3ncn2c1=O. The zero-order chi connectivity index (χ0) is 19.0. The second-order valence-electron chi connectivity index (χ2n) is 6.10. The molecule has 0 aliphatic heterocycles. The van der Waals surface area contributed by atoms with Gasteiger partial charge in [-0.2, -0.15) is 0 Å². The predicted octanol–water partition coefficient (Wildman–Crippen LogP) is 2.00. The lowest BCUT2D eigenvalue weighted by atomic mass is 10.1. The first-order valence-electron chi connectivity index (χ1n) is 8.35. The van der Waals surface area contributed by atoms with E-state index >= 15 is 0 Å². The molecule has 0 bridgehead atoms. The maximum atomic E-state index is 12.6. The van der Waals surface area contributed by atoms with Crippen molar-refractivity contribution in [2.45, 2.75) is 13.5 Å². The van der Waals surface area contributed by atoms with E-state index in [9.17, 15) is 9.59 Å². The molecule has 1 amide bonds. The van der Waals surface area contributed by atoms with Crippen LogP contribution in [0.3, 0.4) is 0 Å². The number of hydrogen-bond donors (Lipinski definition) is 1. The van der Waals surface area contributed by atoms with Crippen LogP contribution in [0.25, 0.3) is 16.6 Å². The van der Waals surface area contributed by atoms with Crippen LogP contribution in [0.5, 0.6) is 5.75 Å². The molecule has 0 atom stereocenters. The summed E-state index contributed by atoms with van der Waals surface area (Å²) >= 11 is 0. The summed E-state index contributed by atoms with van der Waals surface area (Å²) in [6.07, 6.45) is 1.44. The van der Waals surface area contributed by atoms with E-state index in [0.717, 1.165) is 21.1 Å². The normalized spacial score (nSPS) is 11.0. The van der Waals surface area contributed by atoms with E-state index in [1.807, 2.05) is 25.1 Å². The van der Waals surface area contributed by atoms with Crippen LogP contribution in [0.4, 0.5) is 5.69 Å². The molecular formula is C19H17N5O3. The fourth-order valence-corrected chi connectivity index (χ4v) is 3.01. The first kappa shape index (κ1) is 16.8. The van der Waals surface area contributed by atoms with Crippen LogP contribution in [0.1, 0.15) is 5.56 Å². The van der Waals surface area contributed by atoms with Crippen LogP contribution in [0, 0.1) is 6.92 Å². The van der Waals surface area contributed by atoms with Crippen LogP contribution in [0.15, 0.2) is 53.6 Å². The maximum Gasteiger partial charge on any atom is 0.352 e. The lowest BCUT2D eigenvalue weighted by Gasteiger charge is -2.09. The minimum absolute atomic E-state index is 0.216. The Hall–Kier alpha value is -3.68. The summed E-state index contributed by atoms with van der Waals surface area (Å²) in [7, 11) is 1.53. The van der Waals surface area contributed by atoms with Crippen molar-refractivity contribution in [3.8, 4) is 5.75 Å². The van der Waals surface area contributed by atoms with Crippen molar-refractivity contribution in [3.63, 3.8) is 0 Å². The summed E-state index contributed by atoms with van der Waals surface area (Å²) < 4.78 is 7.69. The monoisotopic (exact) mass is 363 g/mol. The van der Waals surface area contributed by atoms with E-state index in [-0.39, 0.29) is 12.5 Å². The van der Waals surface area contributed by atoms with Gasteiger partial charge < -0.3 is 10.1 Å². The van der Waals surface area contributed by atoms with Gasteiger partial charge in [0, 0.05) is 5.39 Å². The lowest BCUT2D eigenvalue weighted by Crippen LogP contribution is -2.28. The van der Waals surface area contributed by atoms with Gasteiger partial charge in [-0.3, -0.25) is 4.79 Å². The molecule has 2 aromatic carbocycles. The molecule has 8 nitrogen and oxygen atoms in total. The second kappa shape index (κ2) is 6.56. The number of methoxy groups -OCH3 is 1. The number of carbonyl (C=O) groups is 1. The van der Waals surface area contributed by atoms with Gasteiger partial charge in [0.15, 0.2) is 5.65 Å². The van der Waals surface area contributed by atoms with Gasteiger partial charge >= 0.3 is 5.69 Å². The molecule has 8 heteroatoms. The molecule has 0 aliphatic rings. The van der Waals surface area contributed by atoms with E-state index in [1.165, 1.54) is 17.8 Å². The Morgan fingerprint density at radius 2 is 2.00 bits per heavy atom. The number of aryl methyl sites for hydroxylation is 1. The Morgan fingerprint density at radius 1 is 1.19 bits per heavy atom. The van der Waals surface area contributed by atoms with Gasteiger partial charge in [0.25, 0.3) is 0 Å². The third kappa shape index (κ3) is 2.91. The van der Waals surface area contributed by atoms with E-state index in [4.69, 9.17) is 4.74 Å². The number of para-hydroxylation sites is 3. The number of benzene rings is 2. The molecule has 0 aliphatic carbocycles. The summed E-state index contributed by atoms with van der Waals surface area (Å²) in [4.78, 5) is 29.3. The summed E-state index contributed by atoms with van der Waals surface area (Å²) in [6, 6.07) is 12.8. The van der Waals surface area contributed by atoms with Gasteiger partial charge in [0.1, 0.15) is 18.6 Å². The highest BCUT2D eigenvalue weighted by molar-refractivity contribution is 5.93. The van der Waals surface area contributed by atoms with Crippen LogP contribution >= 0.6 is 0 Å². The van der Waals surface area contributed by atoms with Gasteiger partial charge in [0.05, 0.1) is 18.3 Å². The van der Waals surface area contributed by atoms with Gasteiger partial charge in [-0.15, -0.1) is 5.10 Å². The van der Waals surface area contributed by atoms with Crippen molar-refractivity contribution >= 4 is 28.1 Å². The highest BCUT2D eigenvalue weighted by Crippen LogP contribution is 2.23. The molecule has 27 heavy (non-hydrogen) atoms. The highest BCUT2D eigenvalue weighted by atomic mass is 16.5. The molecule has 0 saturated heterocycles. The number of amides is 1. The van der Waals surface area contributed by atoms with Crippen LogP contribution < -0.4 is 15.7 Å². The molecule has 0 fully saturated rings. The van der Waals surface area contributed by atoms with Gasteiger partial charge in [-0.05, 0) is 30.7 Å². The molecule has 0 unspecified atom stereocenters. The molecule has 0 radical (unpaired) electrons. The summed E-state index contributed by atoms with van der Waals surface area (Å²) in [5, 5.41) is 7.84. The van der Waals surface area contributed by atoms with Crippen molar-refractivity contribution in [1.82, 2.24) is 19.2 Å². The number of carbonyl (C=O) groups excluding carboxylic acids is 1. The highest BCUT2D eigenvalue weighted by Gasteiger charge is 2.15. The number of nitrogens with one attached hydrogen (secondary N) is 1. The molecule has 0 saturated carbocycles. The van der Waals surface area contributed by atoms with E-state index in [0.29, 0.717) is 17.1 Å².